The maximum atomic E-state index is 12.9. The van der Waals surface area contributed by atoms with E-state index in [0.717, 1.165) is 4.47 Å². The van der Waals surface area contributed by atoms with Gasteiger partial charge in [-0.2, -0.15) is 0 Å². The molecule has 0 spiro atoms. The maximum absolute atomic E-state index is 12.9. The standard InChI is InChI=1S/C15H21BrN2O3S.ClH/c1-10-11(2)22(20,21)9-8-18(10)14(19)15(3,17)12-4-6-13(16)7-5-12;/h4-7,10-11H,8-9,17H2,1-3H3;1H. The number of amides is 1. The van der Waals surface area contributed by atoms with Gasteiger partial charge in [0.15, 0.2) is 9.84 Å². The summed E-state index contributed by atoms with van der Waals surface area (Å²) in [6, 6.07) is 6.89. The first-order valence-corrected chi connectivity index (χ1v) is 9.66. The lowest BCUT2D eigenvalue weighted by molar-refractivity contribution is -0.138. The van der Waals surface area contributed by atoms with Gasteiger partial charge in [-0.05, 0) is 38.5 Å². The number of hydrogen-bond donors (Lipinski definition) is 1. The lowest BCUT2D eigenvalue weighted by Crippen LogP contribution is -2.60. The molecule has 1 fully saturated rings. The summed E-state index contributed by atoms with van der Waals surface area (Å²) in [4.78, 5) is 14.5. The highest BCUT2D eigenvalue weighted by Gasteiger charge is 2.43. The van der Waals surface area contributed by atoms with Gasteiger partial charge in [0.1, 0.15) is 5.54 Å². The van der Waals surface area contributed by atoms with Crippen molar-refractivity contribution in [2.24, 2.45) is 5.73 Å². The Kier molecular flexibility index (Phi) is 6.29. The summed E-state index contributed by atoms with van der Waals surface area (Å²) in [6.07, 6.45) is 0. The topological polar surface area (TPSA) is 80.5 Å². The van der Waals surface area contributed by atoms with E-state index < -0.39 is 20.6 Å². The molecule has 0 aliphatic carbocycles. The van der Waals surface area contributed by atoms with Crippen LogP contribution in [0.25, 0.3) is 0 Å². The van der Waals surface area contributed by atoms with E-state index in [1.165, 1.54) is 0 Å². The quantitative estimate of drug-likeness (QED) is 0.786. The molecule has 8 heteroatoms. The minimum atomic E-state index is -3.13. The fraction of sp³-hybridized carbons (Fsp3) is 0.533. The number of rotatable bonds is 2. The zero-order chi connectivity index (χ0) is 16.7. The number of benzene rings is 1. The van der Waals surface area contributed by atoms with Crippen LogP contribution in [0.5, 0.6) is 0 Å². The number of carbonyl (C=O) groups is 1. The first kappa shape index (κ1) is 20.4. The van der Waals surface area contributed by atoms with Crippen molar-refractivity contribution < 1.29 is 13.2 Å². The van der Waals surface area contributed by atoms with Crippen LogP contribution in [-0.4, -0.2) is 42.8 Å². The van der Waals surface area contributed by atoms with E-state index in [1.54, 1.807) is 37.8 Å². The summed E-state index contributed by atoms with van der Waals surface area (Å²) < 4.78 is 24.8. The molecule has 0 aromatic heterocycles. The Hall–Kier alpha value is -0.630. The van der Waals surface area contributed by atoms with Crippen LogP contribution in [0.4, 0.5) is 0 Å². The van der Waals surface area contributed by atoms with Crippen LogP contribution in [-0.2, 0) is 20.2 Å². The average Bonchev–Trinajstić information content (AvgIpc) is 2.45. The van der Waals surface area contributed by atoms with Crippen molar-refractivity contribution in [1.82, 2.24) is 4.90 Å². The van der Waals surface area contributed by atoms with Crippen molar-refractivity contribution in [2.75, 3.05) is 12.3 Å². The van der Waals surface area contributed by atoms with Crippen molar-refractivity contribution in [1.29, 1.82) is 0 Å². The molecule has 1 aliphatic heterocycles. The van der Waals surface area contributed by atoms with E-state index in [-0.39, 0.29) is 36.7 Å². The van der Waals surface area contributed by atoms with E-state index in [1.807, 2.05) is 12.1 Å². The van der Waals surface area contributed by atoms with Gasteiger partial charge in [0, 0.05) is 17.1 Å². The van der Waals surface area contributed by atoms with Crippen molar-refractivity contribution in [3.63, 3.8) is 0 Å². The predicted octanol–water partition coefficient (Wildman–Crippen LogP) is 2.08. The smallest absolute Gasteiger partial charge is 0.247 e. The van der Waals surface area contributed by atoms with Gasteiger partial charge in [-0.1, -0.05) is 28.1 Å². The van der Waals surface area contributed by atoms with Gasteiger partial charge in [0.2, 0.25) is 5.91 Å². The van der Waals surface area contributed by atoms with Gasteiger partial charge in [-0.15, -0.1) is 12.4 Å². The Morgan fingerprint density at radius 1 is 1.30 bits per heavy atom. The van der Waals surface area contributed by atoms with Gasteiger partial charge in [-0.25, -0.2) is 8.42 Å². The largest absolute Gasteiger partial charge is 0.336 e. The Morgan fingerprint density at radius 3 is 2.35 bits per heavy atom. The summed E-state index contributed by atoms with van der Waals surface area (Å²) in [5.74, 6) is -0.259. The number of nitrogens with two attached hydrogens (primary N) is 1. The molecule has 23 heavy (non-hydrogen) atoms. The van der Waals surface area contributed by atoms with Crippen molar-refractivity contribution in [3.05, 3.63) is 34.3 Å². The monoisotopic (exact) mass is 424 g/mol. The second-order valence-electron chi connectivity index (χ2n) is 6.02. The molecule has 1 aliphatic rings. The maximum Gasteiger partial charge on any atom is 0.247 e. The Bertz CT molecular complexity index is 676. The minimum Gasteiger partial charge on any atom is -0.336 e. The second-order valence-corrected chi connectivity index (χ2v) is 9.41. The number of sulfone groups is 1. The van der Waals surface area contributed by atoms with Gasteiger partial charge < -0.3 is 10.6 Å². The minimum absolute atomic E-state index is 0. The summed E-state index contributed by atoms with van der Waals surface area (Å²) >= 11 is 3.35. The fourth-order valence-corrected chi connectivity index (χ4v) is 4.51. The highest BCUT2D eigenvalue weighted by atomic mass is 79.9. The third-order valence-electron chi connectivity index (χ3n) is 4.50. The molecule has 130 valence electrons. The molecule has 1 aromatic carbocycles. The summed E-state index contributed by atoms with van der Waals surface area (Å²) in [5.41, 5.74) is 5.80. The van der Waals surface area contributed by atoms with E-state index in [4.69, 9.17) is 5.73 Å². The molecule has 1 amide bonds. The first-order valence-electron chi connectivity index (χ1n) is 7.15. The van der Waals surface area contributed by atoms with E-state index in [9.17, 15) is 13.2 Å². The zero-order valence-electron chi connectivity index (χ0n) is 13.3. The van der Waals surface area contributed by atoms with Gasteiger partial charge in [0.05, 0.1) is 11.0 Å². The van der Waals surface area contributed by atoms with E-state index in [2.05, 4.69) is 15.9 Å². The summed E-state index contributed by atoms with van der Waals surface area (Å²) in [7, 11) is -3.13. The van der Waals surface area contributed by atoms with Gasteiger partial charge in [0.25, 0.3) is 0 Å². The number of hydrogen-bond acceptors (Lipinski definition) is 4. The highest BCUT2D eigenvalue weighted by molar-refractivity contribution is 9.10. The van der Waals surface area contributed by atoms with Crippen molar-refractivity contribution >= 4 is 44.1 Å². The fourth-order valence-electron chi connectivity index (χ4n) is 2.67. The Labute approximate surface area is 152 Å². The SMILES string of the molecule is CC1C(C)S(=O)(=O)CCN1C(=O)C(C)(N)c1ccc(Br)cc1.Cl. The lowest BCUT2D eigenvalue weighted by atomic mass is 9.91. The van der Waals surface area contributed by atoms with Crippen LogP contribution >= 0.6 is 28.3 Å². The molecule has 0 bridgehead atoms. The van der Waals surface area contributed by atoms with Crippen molar-refractivity contribution in [2.45, 2.75) is 37.6 Å². The van der Waals surface area contributed by atoms with Crippen LogP contribution in [0, 0.1) is 0 Å². The molecule has 0 radical (unpaired) electrons. The molecule has 5 nitrogen and oxygen atoms in total. The van der Waals surface area contributed by atoms with Crippen molar-refractivity contribution in [3.8, 4) is 0 Å². The number of carbonyl (C=O) groups excluding carboxylic acids is 1. The average molecular weight is 426 g/mol. The van der Waals surface area contributed by atoms with Crippen LogP contribution < -0.4 is 5.73 Å². The van der Waals surface area contributed by atoms with E-state index in [0.29, 0.717) is 5.56 Å². The normalized spacial score (nSPS) is 26.0. The molecule has 2 N–H and O–H groups in total. The molecular formula is C15H22BrClN2O3S. The number of halogens is 2. The molecule has 0 saturated carbocycles. The third kappa shape index (κ3) is 3.90. The number of nitrogens with zero attached hydrogens (tertiary/aromatic N) is 1. The van der Waals surface area contributed by atoms with Gasteiger partial charge >= 0.3 is 0 Å². The van der Waals surface area contributed by atoms with Crippen LogP contribution in [0.3, 0.4) is 0 Å². The van der Waals surface area contributed by atoms with Crippen LogP contribution in [0.15, 0.2) is 28.7 Å². The molecule has 3 atom stereocenters. The summed E-state index contributed by atoms with van der Waals surface area (Å²) in [5, 5.41) is -0.578. The van der Waals surface area contributed by atoms with E-state index >= 15 is 0 Å². The highest BCUT2D eigenvalue weighted by Crippen LogP contribution is 2.27. The summed E-state index contributed by atoms with van der Waals surface area (Å²) in [6.45, 7) is 5.26. The molecular weight excluding hydrogens is 404 g/mol. The third-order valence-corrected chi connectivity index (χ3v) is 7.31. The first-order chi connectivity index (χ1) is 10.1. The van der Waals surface area contributed by atoms with Crippen LogP contribution in [0.2, 0.25) is 0 Å². The Morgan fingerprint density at radius 2 is 1.83 bits per heavy atom. The molecule has 1 heterocycles. The molecule has 1 saturated heterocycles. The van der Waals surface area contributed by atoms with Gasteiger partial charge in [-0.3, -0.25) is 4.79 Å². The molecule has 1 aromatic rings. The molecule has 2 rings (SSSR count). The predicted molar refractivity (Wildman–Crippen MR) is 97.4 cm³/mol. The zero-order valence-corrected chi connectivity index (χ0v) is 16.5. The Balaban J connectivity index is 0.00000264. The van der Waals surface area contributed by atoms with Crippen LogP contribution in [0.1, 0.15) is 26.3 Å². The second kappa shape index (κ2) is 7.09. The lowest BCUT2D eigenvalue weighted by Gasteiger charge is -2.41. The molecule has 3 unspecified atom stereocenters.